The van der Waals surface area contributed by atoms with Crippen molar-refractivity contribution in [3.63, 3.8) is 0 Å². The van der Waals surface area contributed by atoms with Crippen molar-refractivity contribution in [3.05, 3.63) is 108 Å². The first-order valence-electron chi connectivity index (χ1n) is 12.3. The standard InChI is InChI=1S/C29H28F3NO5/c1-27(2)37-24-23(33-26(34)29(30,31)32)22(36-25(24)38-27)18-35-28(19-12-6-3-7-13-19,20-14-8-4-9-15-20)21-16-10-5-11-17-21/h3-17,22-25H,18H2,1-2H3,(H,33,34)/t22-,23-,24-,25-/m1/s1. The molecule has 0 spiro atoms. The molecule has 3 aromatic rings. The molecule has 1 N–H and O–H groups in total. The maximum absolute atomic E-state index is 13.2. The smallest absolute Gasteiger partial charge is 0.358 e. The summed E-state index contributed by atoms with van der Waals surface area (Å²) in [4.78, 5) is 12.0. The number of carbonyl (C=O) groups excluding carboxylic acids is 1. The van der Waals surface area contributed by atoms with E-state index in [-0.39, 0.29) is 6.61 Å². The Balaban J connectivity index is 1.52. The molecule has 200 valence electrons. The van der Waals surface area contributed by atoms with Gasteiger partial charge >= 0.3 is 12.1 Å². The molecule has 2 aliphatic rings. The molecule has 0 radical (unpaired) electrons. The highest BCUT2D eigenvalue weighted by Gasteiger charge is 2.57. The monoisotopic (exact) mass is 527 g/mol. The highest BCUT2D eigenvalue weighted by Crippen LogP contribution is 2.43. The Bertz CT molecular complexity index is 1140. The molecule has 3 aromatic carbocycles. The van der Waals surface area contributed by atoms with E-state index >= 15 is 0 Å². The number of ether oxygens (including phenoxy) is 4. The molecule has 9 heteroatoms. The number of rotatable bonds is 7. The molecule has 2 fully saturated rings. The van der Waals surface area contributed by atoms with Crippen LogP contribution in [0, 0.1) is 0 Å². The van der Waals surface area contributed by atoms with Crippen LogP contribution in [0.4, 0.5) is 13.2 Å². The Hall–Kier alpha value is -3.24. The number of carbonyl (C=O) groups is 1. The minimum atomic E-state index is -5.07. The molecule has 0 aromatic heterocycles. The van der Waals surface area contributed by atoms with E-state index in [4.69, 9.17) is 18.9 Å². The third kappa shape index (κ3) is 5.07. The number of hydrogen-bond donors (Lipinski definition) is 1. The van der Waals surface area contributed by atoms with Gasteiger partial charge in [-0.15, -0.1) is 0 Å². The Kier molecular flexibility index (Phi) is 7.04. The zero-order valence-corrected chi connectivity index (χ0v) is 20.9. The van der Waals surface area contributed by atoms with Crippen LogP contribution in [0.1, 0.15) is 30.5 Å². The van der Waals surface area contributed by atoms with E-state index in [2.05, 4.69) is 5.32 Å². The van der Waals surface area contributed by atoms with Crippen molar-refractivity contribution in [2.24, 2.45) is 0 Å². The quantitative estimate of drug-likeness (QED) is 0.442. The van der Waals surface area contributed by atoms with E-state index in [0.29, 0.717) is 0 Å². The number of hydrogen-bond acceptors (Lipinski definition) is 5. The van der Waals surface area contributed by atoms with Gasteiger partial charge < -0.3 is 24.3 Å². The van der Waals surface area contributed by atoms with E-state index in [0.717, 1.165) is 16.7 Å². The molecule has 2 heterocycles. The lowest BCUT2D eigenvalue weighted by molar-refractivity contribution is -0.216. The van der Waals surface area contributed by atoms with E-state index < -0.39 is 48.0 Å². The van der Waals surface area contributed by atoms with E-state index in [9.17, 15) is 18.0 Å². The predicted molar refractivity (Wildman–Crippen MR) is 132 cm³/mol. The van der Waals surface area contributed by atoms with Gasteiger partial charge in [-0.25, -0.2) is 0 Å². The highest BCUT2D eigenvalue weighted by atomic mass is 19.4. The van der Waals surface area contributed by atoms with Crippen LogP contribution in [0.2, 0.25) is 0 Å². The van der Waals surface area contributed by atoms with Crippen LogP contribution in [0.15, 0.2) is 91.0 Å². The third-order valence-electron chi connectivity index (χ3n) is 6.71. The molecule has 38 heavy (non-hydrogen) atoms. The van der Waals surface area contributed by atoms with Crippen LogP contribution in [0.5, 0.6) is 0 Å². The van der Waals surface area contributed by atoms with Gasteiger partial charge in [0.15, 0.2) is 12.1 Å². The number of fused-ring (bicyclic) bond motifs is 1. The number of amides is 1. The Morgan fingerprint density at radius 2 is 1.32 bits per heavy atom. The Labute approximate surface area is 218 Å². The van der Waals surface area contributed by atoms with Gasteiger partial charge in [-0.1, -0.05) is 91.0 Å². The van der Waals surface area contributed by atoms with Gasteiger partial charge in [0, 0.05) is 0 Å². The average molecular weight is 528 g/mol. The normalized spacial score (nSPS) is 24.7. The fourth-order valence-electron chi connectivity index (χ4n) is 5.10. The average Bonchev–Trinajstić information content (AvgIpc) is 3.37. The van der Waals surface area contributed by atoms with Gasteiger partial charge in [0.2, 0.25) is 0 Å². The molecule has 1 amide bonds. The van der Waals surface area contributed by atoms with Crippen molar-refractivity contribution < 1.29 is 36.9 Å². The molecule has 0 aliphatic carbocycles. The minimum absolute atomic E-state index is 0.165. The molecule has 5 rings (SSSR count). The fraction of sp³-hybridized carbons (Fsp3) is 0.345. The second-order valence-corrected chi connectivity index (χ2v) is 9.73. The summed E-state index contributed by atoms with van der Waals surface area (Å²) in [6.07, 6.45) is -7.95. The Morgan fingerprint density at radius 1 is 0.842 bits per heavy atom. The summed E-state index contributed by atoms with van der Waals surface area (Å²) in [6, 6.07) is 27.5. The van der Waals surface area contributed by atoms with Crippen molar-refractivity contribution in [2.45, 2.75) is 56.0 Å². The van der Waals surface area contributed by atoms with Crippen molar-refractivity contribution in [2.75, 3.05) is 6.61 Å². The number of nitrogens with one attached hydrogen (secondary N) is 1. The van der Waals surface area contributed by atoms with Crippen LogP contribution in [-0.2, 0) is 29.3 Å². The summed E-state index contributed by atoms with van der Waals surface area (Å²) in [5.74, 6) is -3.16. The molecule has 4 atom stereocenters. The van der Waals surface area contributed by atoms with E-state index in [1.54, 1.807) is 13.8 Å². The summed E-state index contributed by atoms with van der Waals surface area (Å²) < 4.78 is 63.9. The molecule has 0 bridgehead atoms. The highest BCUT2D eigenvalue weighted by molar-refractivity contribution is 5.82. The lowest BCUT2D eigenvalue weighted by atomic mass is 9.80. The molecular weight excluding hydrogens is 499 g/mol. The van der Waals surface area contributed by atoms with Crippen LogP contribution in [0.3, 0.4) is 0 Å². The number of alkyl halides is 3. The van der Waals surface area contributed by atoms with Gasteiger partial charge in [0.05, 0.1) is 12.6 Å². The van der Waals surface area contributed by atoms with Crippen LogP contribution < -0.4 is 5.32 Å². The molecule has 2 saturated heterocycles. The number of benzene rings is 3. The van der Waals surface area contributed by atoms with Gasteiger partial charge in [0.25, 0.3) is 0 Å². The summed E-state index contributed by atoms with van der Waals surface area (Å²) in [7, 11) is 0. The number of halogens is 3. The minimum Gasteiger partial charge on any atom is -0.358 e. The lowest BCUT2D eigenvalue weighted by Crippen LogP contribution is -2.53. The largest absolute Gasteiger partial charge is 0.471 e. The van der Waals surface area contributed by atoms with Crippen molar-refractivity contribution in [3.8, 4) is 0 Å². The van der Waals surface area contributed by atoms with Gasteiger partial charge in [-0.3, -0.25) is 4.79 Å². The Morgan fingerprint density at radius 3 is 1.76 bits per heavy atom. The van der Waals surface area contributed by atoms with Crippen LogP contribution in [0.25, 0.3) is 0 Å². The predicted octanol–water partition coefficient (Wildman–Crippen LogP) is 4.92. The molecular formula is C29H28F3NO5. The van der Waals surface area contributed by atoms with Gasteiger partial charge in [0.1, 0.15) is 17.8 Å². The van der Waals surface area contributed by atoms with Crippen LogP contribution >= 0.6 is 0 Å². The maximum atomic E-state index is 13.2. The van der Waals surface area contributed by atoms with Gasteiger partial charge in [-0.05, 0) is 30.5 Å². The van der Waals surface area contributed by atoms with Crippen molar-refractivity contribution in [1.29, 1.82) is 0 Å². The van der Waals surface area contributed by atoms with Crippen molar-refractivity contribution >= 4 is 5.91 Å². The molecule has 0 saturated carbocycles. The maximum Gasteiger partial charge on any atom is 0.471 e. The lowest BCUT2D eigenvalue weighted by Gasteiger charge is -2.37. The first kappa shape index (κ1) is 26.4. The topological polar surface area (TPSA) is 66.0 Å². The summed E-state index contributed by atoms with van der Waals surface area (Å²) >= 11 is 0. The van der Waals surface area contributed by atoms with Crippen molar-refractivity contribution in [1.82, 2.24) is 5.32 Å². The fourth-order valence-corrected chi connectivity index (χ4v) is 5.10. The summed E-state index contributed by atoms with van der Waals surface area (Å²) in [6.45, 7) is 3.10. The summed E-state index contributed by atoms with van der Waals surface area (Å²) in [5, 5.41) is 2.06. The van der Waals surface area contributed by atoms with Gasteiger partial charge in [-0.2, -0.15) is 13.2 Å². The van der Waals surface area contributed by atoms with Crippen LogP contribution in [-0.4, -0.2) is 49.0 Å². The summed E-state index contributed by atoms with van der Waals surface area (Å²) in [5.41, 5.74) is 1.34. The first-order chi connectivity index (χ1) is 18.1. The molecule has 0 unspecified atom stereocenters. The van der Waals surface area contributed by atoms with E-state index in [1.165, 1.54) is 0 Å². The second-order valence-electron chi connectivity index (χ2n) is 9.73. The molecule has 2 aliphatic heterocycles. The van der Waals surface area contributed by atoms with E-state index in [1.807, 2.05) is 91.0 Å². The SMILES string of the molecule is CC1(C)O[C@H]2O[C@H](COC(c3ccccc3)(c3ccccc3)c3ccccc3)[C@@H](NC(=O)C(F)(F)F)[C@H]2O1. The first-order valence-corrected chi connectivity index (χ1v) is 12.3. The second kappa shape index (κ2) is 10.1. The zero-order valence-electron chi connectivity index (χ0n) is 20.9. The zero-order chi connectivity index (χ0) is 27.0. The third-order valence-corrected chi connectivity index (χ3v) is 6.71. The molecule has 6 nitrogen and oxygen atoms in total.